The molecule has 2 aliphatic heterocycles. The predicted molar refractivity (Wildman–Crippen MR) is 121 cm³/mol. The standard InChI is InChI=1S/C24H28N4O3/c29-22(25-20-8-10-21(11-9-20)28-14-4-7-23(28)30)17-27-15-12-18(13-16-27)24(31)26-19-5-2-1-3-6-19/h1-3,5-6,8-11,18H,4,7,12-17H2,(H,25,29)(H,26,31). The van der Waals surface area contributed by atoms with Gasteiger partial charge in [0.1, 0.15) is 0 Å². The molecule has 0 aromatic heterocycles. The number of para-hydroxylation sites is 1. The number of carbonyl (C=O) groups is 3. The number of benzene rings is 2. The summed E-state index contributed by atoms with van der Waals surface area (Å²) in [6.07, 6.45) is 2.97. The molecule has 7 nitrogen and oxygen atoms in total. The lowest BCUT2D eigenvalue weighted by molar-refractivity contribution is -0.121. The third kappa shape index (κ3) is 5.49. The smallest absolute Gasteiger partial charge is 0.238 e. The summed E-state index contributed by atoms with van der Waals surface area (Å²) in [5.41, 5.74) is 2.41. The molecular formula is C24H28N4O3. The Morgan fingerprint density at radius 3 is 2.19 bits per heavy atom. The van der Waals surface area contributed by atoms with E-state index in [-0.39, 0.29) is 23.6 Å². The third-order valence-corrected chi connectivity index (χ3v) is 5.90. The van der Waals surface area contributed by atoms with E-state index in [4.69, 9.17) is 0 Å². The second-order valence-corrected chi connectivity index (χ2v) is 8.15. The molecule has 0 unspecified atom stereocenters. The van der Waals surface area contributed by atoms with Crippen LogP contribution in [0.15, 0.2) is 54.6 Å². The zero-order valence-electron chi connectivity index (χ0n) is 17.5. The molecule has 2 fully saturated rings. The Bertz CT molecular complexity index is 922. The van der Waals surface area contributed by atoms with Gasteiger partial charge < -0.3 is 15.5 Å². The van der Waals surface area contributed by atoms with Crippen LogP contribution in [0, 0.1) is 5.92 Å². The first-order chi connectivity index (χ1) is 15.1. The number of nitrogens with zero attached hydrogens (tertiary/aromatic N) is 2. The van der Waals surface area contributed by atoms with Crippen LogP contribution in [0.5, 0.6) is 0 Å². The number of hydrogen-bond acceptors (Lipinski definition) is 4. The first kappa shape index (κ1) is 21.1. The van der Waals surface area contributed by atoms with Gasteiger partial charge in [-0.2, -0.15) is 0 Å². The molecule has 0 saturated carbocycles. The summed E-state index contributed by atoms with van der Waals surface area (Å²) in [5.74, 6) is 0.0991. The average molecular weight is 421 g/mol. The number of piperidine rings is 1. The summed E-state index contributed by atoms with van der Waals surface area (Å²) in [6.45, 7) is 2.50. The van der Waals surface area contributed by atoms with E-state index in [1.165, 1.54) is 0 Å². The second kappa shape index (κ2) is 9.75. The normalized spacial score (nSPS) is 17.5. The van der Waals surface area contributed by atoms with Crippen molar-refractivity contribution in [1.82, 2.24) is 4.90 Å². The van der Waals surface area contributed by atoms with E-state index in [2.05, 4.69) is 15.5 Å². The van der Waals surface area contributed by atoms with E-state index in [9.17, 15) is 14.4 Å². The number of carbonyl (C=O) groups excluding carboxylic acids is 3. The molecule has 0 spiro atoms. The molecule has 0 aliphatic carbocycles. The molecule has 2 heterocycles. The lowest BCUT2D eigenvalue weighted by Gasteiger charge is -2.30. The van der Waals surface area contributed by atoms with Crippen LogP contribution in [0.1, 0.15) is 25.7 Å². The number of rotatable bonds is 6. The van der Waals surface area contributed by atoms with Gasteiger partial charge in [0.25, 0.3) is 0 Å². The Labute approximate surface area is 182 Å². The molecule has 31 heavy (non-hydrogen) atoms. The minimum atomic E-state index is -0.0721. The van der Waals surface area contributed by atoms with Gasteiger partial charge in [-0.3, -0.25) is 19.3 Å². The van der Waals surface area contributed by atoms with Crippen molar-refractivity contribution in [1.29, 1.82) is 0 Å². The number of amides is 3. The quantitative estimate of drug-likeness (QED) is 0.752. The van der Waals surface area contributed by atoms with Gasteiger partial charge in [-0.1, -0.05) is 18.2 Å². The van der Waals surface area contributed by atoms with Crippen LogP contribution in [0.2, 0.25) is 0 Å². The maximum atomic E-state index is 12.4. The van der Waals surface area contributed by atoms with Crippen molar-refractivity contribution in [3.05, 3.63) is 54.6 Å². The van der Waals surface area contributed by atoms with Crippen LogP contribution in [0.3, 0.4) is 0 Å². The largest absolute Gasteiger partial charge is 0.326 e. The highest BCUT2D eigenvalue weighted by Gasteiger charge is 2.26. The fraction of sp³-hybridized carbons (Fsp3) is 0.375. The van der Waals surface area contributed by atoms with E-state index >= 15 is 0 Å². The SMILES string of the molecule is O=C(CN1CCC(C(=O)Nc2ccccc2)CC1)Nc1ccc(N2CCCC2=O)cc1. The first-order valence-electron chi connectivity index (χ1n) is 10.9. The van der Waals surface area contributed by atoms with Crippen molar-refractivity contribution in [2.75, 3.05) is 41.7 Å². The van der Waals surface area contributed by atoms with Crippen LogP contribution in [0.4, 0.5) is 17.1 Å². The second-order valence-electron chi connectivity index (χ2n) is 8.15. The Kier molecular flexibility index (Phi) is 6.62. The van der Waals surface area contributed by atoms with Gasteiger partial charge in [-0.25, -0.2) is 0 Å². The monoisotopic (exact) mass is 420 g/mol. The van der Waals surface area contributed by atoms with Crippen LogP contribution < -0.4 is 15.5 Å². The summed E-state index contributed by atoms with van der Waals surface area (Å²) < 4.78 is 0. The Balaban J connectivity index is 1.21. The molecule has 3 amide bonds. The number of anilines is 3. The molecule has 2 aliphatic rings. The number of nitrogens with one attached hydrogen (secondary N) is 2. The van der Waals surface area contributed by atoms with Crippen molar-refractivity contribution in [2.45, 2.75) is 25.7 Å². The lowest BCUT2D eigenvalue weighted by Crippen LogP contribution is -2.41. The van der Waals surface area contributed by atoms with Gasteiger partial charge in [0, 0.05) is 35.9 Å². The summed E-state index contributed by atoms with van der Waals surface area (Å²) in [7, 11) is 0. The molecule has 0 bridgehead atoms. The van der Waals surface area contributed by atoms with Crippen LogP contribution >= 0.6 is 0 Å². The summed E-state index contributed by atoms with van der Waals surface area (Å²) in [5, 5.41) is 5.89. The van der Waals surface area contributed by atoms with Crippen molar-refractivity contribution in [3.63, 3.8) is 0 Å². The Morgan fingerprint density at radius 1 is 0.871 bits per heavy atom. The molecule has 7 heteroatoms. The molecule has 0 radical (unpaired) electrons. The summed E-state index contributed by atoms with van der Waals surface area (Å²) in [4.78, 5) is 40.6. The summed E-state index contributed by atoms with van der Waals surface area (Å²) >= 11 is 0. The maximum absolute atomic E-state index is 12.4. The van der Waals surface area contributed by atoms with Gasteiger partial charge in [0.05, 0.1) is 6.54 Å². The first-order valence-corrected chi connectivity index (χ1v) is 10.9. The van der Waals surface area contributed by atoms with Gasteiger partial charge in [0.15, 0.2) is 0 Å². The highest BCUT2D eigenvalue weighted by molar-refractivity contribution is 5.96. The lowest BCUT2D eigenvalue weighted by atomic mass is 9.96. The molecule has 2 aromatic rings. The number of hydrogen-bond donors (Lipinski definition) is 2. The number of likely N-dealkylation sites (tertiary alicyclic amines) is 1. The zero-order valence-corrected chi connectivity index (χ0v) is 17.5. The Morgan fingerprint density at radius 2 is 1.55 bits per heavy atom. The highest BCUT2D eigenvalue weighted by atomic mass is 16.2. The topological polar surface area (TPSA) is 81.8 Å². The van der Waals surface area contributed by atoms with E-state index in [1.807, 2.05) is 54.6 Å². The van der Waals surface area contributed by atoms with Gasteiger partial charge >= 0.3 is 0 Å². The zero-order chi connectivity index (χ0) is 21.6. The van der Waals surface area contributed by atoms with Crippen molar-refractivity contribution in [2.24, 2.45) is 5.92 Å². The fourth-order valence-electron chi connectivity index (χ4n) is 4.17. The highest BCUT2D eigenvalue weighted by Crippen LogP contribution is 2.23. The third-order valence-electron chi connectivity index (χ3n) is 5.90. The minimum absolute atomic E-state index is 0.0274. The van der Waals surface area contributed by atoms with E-state index in [1.54, 1.807) is 4.90 Å². The molecule has 4 rings (SSSR count). The van der Waals surface area contributed by atoms with Crippen molar-refractivity contribution in [3.8, 4) is 0 Å². The van der Waals surface area contributed by atoms with E-state index in [0.717, 1.165) is 56.0 Å². The van der Waals surface area contributed by atoms with Crippen molar-refractivity contribution >= 4 is 34.8 Å². The molecule has 0 atom stereocenters. The molecule has 2 saturated heterocycles. The van der Waals surface area contributed by atoms with Crippen LogP contribution in [-0.2, 0) is 14.4 Å². The van der Waals surface area contributed by atoms with E-state index in [0.29, 0.717) is 13.0 Å². The van der Waals surface area contributed by atoms with Gasteiger partial charge in [0.2, 0.25) is 17.7 Å². The summed E-state index contributed by atoms with van der Waals surface area (Å²) in [6, 6.07) is 16.9. The van der Waals surface area contributed by atoms with Gasteiger partial charge in [-0.05, 0) is 68.8 Å². The fourth-order valence-corrected chi connectivity index (χ4v) is 4.17. The minimum Gasteiger partial charge on any atom is -0.326 e. The average Bonchev–Trinajstić information content (AvgIpc) is 3.21. The van der Waals surface area contributed by atoms with Crippen molar-refractivity contribution < 1.29 is 14.4 Å². The predicted octanol–water partition coefficient (Wildman–Crippen LogP) is 3.10. The van der Waals surface area contributed by atoms with Crippen LogP contribution in [0.25, 0.3) is 0 Å². The molecule has 2 aromatic carbocycles. The van der Waals surface area contributed by atoms with Gasteiger partial charge in [-0.15, -0.1) is 0 Å². The molecule has 162 valence electrons. The van der Waals surface area contributed by atoms with E-state index < -0.39 is 0 Å². The Hall–Kier alpha value is -3.19. The molecule has 2 N–H and O–H groups in total. The van der Waals surface area contributed by atoms with Crippen LogP contribution in [-0.4, -0.2) is 48.8 Å². The maximum Gasteiger partial charge on any atom is 0.238 e. The molecular weight excluding hydrogens is 392 g/mol.